The number of ether oxygens (including phenoxy) is 4. The van der Waals surface area contributed by atoms with E-state index < -0.39 is 149 Å². The highest BCUT2D eigenvalue weighted by atomic mass is 35.5. The van der Waals surface area contributed by atoms with E-state index in [0.717, 1.165) is 16.0 Å². The molecule has 124 heavy (non-hydrogen) atoms. The lowest BCUT2D eigenvalue weighted by molar-refractivity contribution is -0.160. The molecule has 8 amide bonds. The van der Waals surface area contributed by atoms with Crippen molar-refractivity contribution in [2.75, 3.05) is 41.3 Å². The molecule has 2 aromatic carbocycles. The molecule has 2 rings (SSSR count). The number of esters is 4. The number of ketones is 1. The number of Topliss-reactive ketones (excluding diaryl/α,β-unsaturated/α-hetero) is 1. The lowest BCUT2D eigenvalue weighted by Crippen LogP contribution is -2.56. The van der Waals surface area contributed by atoms with Crippen LogP contribution in [-0.2, 0) is 98.9 Å². The maximum atomic E-state index is 14.0. The molecule has 0 spiro atoms. The van der Waals surface area contributed by atoms with Gasteiger partial charge in [0, 0.05) is 62.2 Å². The first-order valence-electron chi connectivity index (χ1n) is 43.0. The van der Waals surface area contributed by atoms with Gasteiger partial charge in [-0.25, -0.2) is 14.4 Å². The number of carbonyl (C=O) groups is 14. The lowest BCUT2D eigenvalue weighted by Gasteiger charge is -2.33. The monoisotopic (exact) mass is 1780 g/mol. The van der Waals surface area contributed by atoms with Crippen molar-refractivity contribution in [3.63, 3.8) is 0 Å². The van der Waals surface area contributed by atoms with E-state index in [-0.39, 0.29) is 96.9 Å². The third-order valence-corrected chi connectivity index (χ3v) is 23.0. The summed E-state index contributed by atoms with van der Waals surface area (Å²) in [6.07, 6.45) is 6.39. The number of hydrogen-bond donors (Lipinski definition) is 6. The van der Waals surface area contributed by atoms with E-state index in [1.165, 1.54) is 63.7 Å². The third kappa shape index (κ3) is 37.9. The molecular formula is C94H147Cl2N9O19. The Morgan fingerprint density at radius 1 is 0.468 bits per heavy atom. The molecule has 0 aliphatic rings. The van der Waals surface area contributed by atoms with Crippen LogP contribution in [0, 0.1) is 52.8 Å². The maximum Gasteiger partial charge on any atom is 0.334 e. The average molecular weight is 1780 g/mol. The number of hydrogen-bond acceptors (Lipinski definition) is 19. The van der Waals surface area contributed by atoms with Crippen molar-refractivity contribution in [1.29, 1.82) is 0 Å². The van der Waals surface area contributed by atoms with Crippen LogP contribution >= 0.6 is 23.2 Å². The number of likely N-dealkylation sites (N-methyl/N-ethyl adjacent to an activating group) is 4. The molecule has 2 aromatic rings. The number of nitrogens with one attached hydrogen (secondary N) is 4. The molecule has 0 aromatic heterocycles. The quantitative estimate of drug-likeness (QED) is 0.0155. The number of amides is 8. The van der Waals surface area contributed by atoms with Crippen LogP contribution in [-0.4, -0.2) is 215 Å². The predicted octanol–water partition coefficient (Wildman–Crippen LogP) is 12.8. The molecule has 30 heteroatoms. The van der Waals surface area contributed by atoms with Crippen molar-refractivity contribution in [3.8, 4) is 0 Å². The van der Waals surface area contributed by atoms with Gasteiger partial charge < -0.3 is 70.7 Å². The molecule has 0 aliphatic carbocycles. The van der Waals surface area contributed by atoms with Crippen molar-refractivity contribution in [3.05, 3.63) is 116 Å². The zero-order chi connectivity index (χ0) is 95.6. The van der Waals surface area contributed by atoms with Crippen molar-refractivity contribution in [2.24, 2.45) is 58.5 Å². The summed E-state index contributed by atoms with van der Waals surface area (Å²) in [7, 11) is 5.68. The first kappa shape index (κ1) is 113. The molecule has 2 unspecified atom stereocenters. The summed E-state index contributed by atoms with van der Waals surface area (Å²) in [4.78, 5) is 190. The molecule has 28 nitrogen and oxygen atoms in total. The van der Waals surface area contributed by atoms with Gasteiger partial charge in [-0.05, 0) is 216 Å². The fraction of sp³-hybridized carbons (Fsp3) is 0.638. The molecular weight excluding hydrogens is 1630 g/mol. The summed E-state index contributed by atoms with van der Waals surface area (Å²) in [6.45, 7) is 45.6. The Morgan fingerprint density at radius 3 is 1.08 bits per heavy atom. The first-order valence-corrected chi connectivity index (χ1v) is 43.7. The van der Waals surface area contributed by atoms with E-state index in [9.17, 15) is 72.2 Å². The van der Waals surface area contributed by atoms with Crippen molar-refractivity contribution >= 4 is 106 Å². The molecule has 0 aliphatic heterocycles. The number of carbonyl (C=O) groups excluding carboxylic acids is 13. The lowest BCUT2D eigenvalue weighted by atomic mass is 9.84. The first-order chi connectivity index (χ1) is 57.3. The van der Waals surface area contributed by atoms with Gasteiger partial charge in [0.25, 0.3) is 11.8 Å². The number of halogens is 2. The number of nitrogens with zero attached hydrogens (tertiary/aromatic N) is 4. The molecule has 696 valence electrons. The van der Waals surface area contributed by atoms with Crippen molar-refractivity contribution in [2.45, 2.75) is 298 Å². The number of aliphatic carboxylic acids is 1. The molecule has 0 bridgehead atoms. The minimum Gasteiger partial charge on any atom is -0.480 e. The summed E-state index contributed by atoms with van der Waals surface area (Å²) in [5.41, 5.74) is 7.88. The summed E-state index contributed by atoms with van der Waals surface area (Å²) < 4.78 is 23.3. The highest BCUT2D eigenvalue weighted by Crippen LogP contribution is 2.32. The number of allylic oxidation sites excluding steroid dienone is 4. The second-order valence-electron chi connectivity index (χ2n) is 35.9. The fourth-order valence-electron chi connectivity index (χ4n) is 13.0. The molecule has 16 atom stereocenters. The molecule has 7 N–H and O–H groups in total. The fourth-order valence-corrected chi connectivity index (χ4v) is 13.2. The van der Waals surface area contributed by atoms with Gasteiger partial charge in [0.05, 0.1) is 24.5 Å². The smallest absolute Gasteiger partial charge is 0.334 e. The van der Waals surface area contributed by atoms with Gasteiger partial charge in [0.2, 0.25) is 35.4 Å². The van der Waals surface area contributed by atoms with Crippen LogP contribution in [0.1, 0.15) is 230 Å². The standard InChI is InChI=1S/C48H75ClN4O9.C46H72ClN5O10/c1-17-29(5)41(35(11)54)51-40(55)27-52(15)45(58)38(26-36-21-23-37(49)24-22-36)53(16)44(57)34(10)50-43(56)39(25-28(3)4)61-46(59)32(8)20-19-31(7)33(9)42(30(6)18-2)62-47(60)48(12,13)14;1-15-27(5)38(43(57)58)50-37(53)25-51(13)42(56)35(24-33-19-21-34(47)22-20-33)52(14)41(55)32(10)49-40(54)36(23-26(3)4)61-44(59)30(8)18-17-29(7)31(9)39(28(6)16-2)62-45(60)46(11,12)48/h18,20-24,28-29,31,33-34,38-39,41-42H,17,19,25-27H2,1-16H3,(H,50,56)(H,51,55);16,18-22,26-27,29,31-32,35-36,38-39H,15,17,23-25,48H2,1-14H3,(H,49,54)(H,50,53)(H,57,58)/b30-18+,32-20+;28-16+,30-18+/t29?,31-,33-,34-,38+,39+,41-,42+;27?,29-,31-,32-,35+,36+,38-,39+/m00/s1. The number of nitrogens with two attached hydrogens (primary N) is 1. The average Bonchev–Trinajstić information content (AvgIpc) is 0.829. The summed E-state index contributed by atoms with van der Waals surface area (Å²) >= 11 is 12.2. The number of rotatable bonds is 47. The maximum absolute atomic E-state index is 14.0. The zero-order valence-corrected chi connectivity index (χ0v) is 80.8. The van der Waals surface area contributed by atoms with Crippen LogP contribution in [0.3, 0.4) is 0 Å². The summed E-state index contributed by atoms with van der Waals surface area (Å²) in [6, 6.07) is 7.07. The Kier molecular flexibility index (Phi) is 48.4. The van der Waals surface area contributed by atoms with E-state index in [1.54, 1.807) is 102 Å². The van der Waals surface area contributed by atoms with Gasteiger partial charge in [-0.1, -0.05) is 168 Å². The van der Waals surface area contributed by atoms with Crippen LogP contribution in [0.5, 0.6) is 0 Å². The van der Waals surface area contributed by atoms with E-state index in [4.69, 9.17) is 47.9 Å². The Balaban J connectivity index is 0.00000124. The van der Waals surface area contributed by atoms with E-state index >= 15 is 0 Å². The Morgan fingerprint density at radius 2 is 0.790 bits per heavy atom. The van der Waals surface area contributed by atoms with Crippen LogP contribution < -0.4 is 27.0 Å². The Hall–Kier alpha value is -9.28. The molecule has 0 saturated carbocycles. The molecule has 0 heterocycles. The Labute approximate surface area is 747 Å². The summed E-state index contributed by atoms with van der Waals surface area (Å²) in [5.74, 6) is -9.39. The van der Waals surface area contributed by atoms with Crippen LogP contribution in [0.2, 0.25) is 10.0 Å². The minimum absolute atomic E-state index is 0.00470. The summed E-state index contributed by atoms with van der Waals surface area (Å²) in [5, 5.41) is 21.2. The number of carboxylic acid groups (broad SMARTS) is 1. The SMILES string of the molecule is C/C=C(\C)[C@@H](OC(=O)C(C)(C)C)[C@@H](C)[C@@H](C)C/C=C(\C)C(=O)O[C@H](CC(C)C)C(=O)N[C@@H](C)C(=O)N(C)[C@H](Cc1ccc(Cl)cc1)C(=O)N(C)CC(=O)N[C@H](C(C)=O)C(C)CC.C/C=C(\C)[C@@H](OC(=O)C(C)(C)N)[C@@H](C)[C@@H](C)C/C=C(\C)C(=O)O[C@H](CC(C)C)C(=O)N[C@@H](C)C(=O)N(C)[C@H](Cc1ccc(Cl)cc1)C(=O)N(C)CC(=O)N[C@H](C(=O)O)C(C)CC. The number of benzene rings is 2. The van der Waals surface area contributed by atoms with Gasteiger partial charge in [-0.3, -0.25) is 52.7 Å². The van der Waals surface area contributed by atoms with Crippen molar-refractivity contribution < 1.29 is 91.2 Å². The topological polar surface area (TPSA) is 383 Å². The minimum atomic E-state index is -1.25. The third-order valence-electron chi connectivity index (χ3n) is 22.5. The molecule has 0 saturated heterocycles. The molecule has 0 fully saturated rings. The largest absolute Gasteiger partial charge is 0.480 e. The number of carboxylic acids is 1. The van der Waals surface area contributed by atoms with E-state index in [2.05, 4.69) is 21.3 Å². The van der Waals surface area contributed by atoms with Gasteiger partial charge in [0.1, 0.15) is 48.0 Å². The van der Waals surface area contributed by atoms with Gasteiger partial charge >= 0.3 is 29.8 Å². The predicted molar refractivity (Wildman–Crippen MR) is 483 cm³/mol. The van der Waals surface area contributed by atoms with Gasteiger partial charge in [0.15, 0.2) is 18.0 Å². The van der Waals surface area contributed by atoms with Crippen molar-refractivity contribution in [1.82, 2.24) is 40.9 Å². The van der Waals surface area contributed by atoms with Gasteiger partial charge in [-0.2, -0.15) is 0 Å². The van der Waals surface area contributed by atoms with Crippen LogP contribution in [0.4, 0.5) is 0 Å². The van der Waals surface area contributed by atoms with E-state index in [1.807, 2.05) is 130 Å². The second kappa shape index (κ2) is 53.3. The highest BCUT2D eigenvalue weighted by Gasteiger charge is 2.40. The van der Waals surface area contributed by atoms with E-state index in [0.29, 0.717) is 52.4 Å². The van der Waals surface area contributed by atoms with Gasteiger partial charge in [-0.15, -0.1) is 0 Å². The van der Waals surface area contributed by atoms with Crippen LogP contribution in [0.25, 0.3) is 0 Å². The molecule has 0 radical (unpaired) electrons. The second-order valence-corrected chi connectivity index (χ2v) is 36.8. The zero-order valence-electron chi connectivity index (χ0n) is 79.3. The van der Waals surface area contributed by atoms with Crippen LogP contribution in [0.15, 0.2) is 95.1 Å². The Bertz CT molecular complexity index is 3800. The normalized spacial score (nSPS) is 16.1. The highest BCUT2D eigenvalue weighted by molar-refractivity contribution is 6.30.